The molecule has 16 heavy (non-hydrogen) atoms. The molecule has 1 aliphatic carbocycles. The van der Waals surface area contributed by atoms with Gasteiger partial charge in [0, 0.05) is 12.6 Å². The van der Waals surface area contributed by atoms with Crippen LogP contribution in [0.4, 0.5) is 0 Å². The average molecular weight is 217 g/mol. The van der Waals surface area contributed by atoms with E-state index in [4.69, 9.17) is 4.74 Å². The van der Waals surface area contributed by atoms with Gasteiger partial charge in [-0.15, -0.1) is 0 Å². The van der Waals surface area contributed by atoms with Gasteiger partial charge in [-0.1, -0.05) is 18.7 Å². The minimum Gasteiger partial charge on any atom is -0.489 e. The zero-order valence-corrected chi connectivity index (χ0v) is 9.83. The second kappa shape index (κ2) is 5.17. The van der Waals surface area contributed by atoms with Gasteiger partial charge >= 0.3 is 0 Å². The van der Waals surface area contributed by atoms with Crippen molar-refractivity contribution in [2.45, 2.75) is 32.4 Å². The van der Waals surface area contributed by atoms with Crippen LogP contribution in [0, 0.1) is 0 Å². The summed E-state index contributed by atoms with van der Waals surface area (Å²) in [5.74, 6) is 0.915. The van der Waals surface area contributed by atoms with Crippen LogP contribution in [0.3, 0.4) is 0 Å². The molecule has 0 saturated heterocycles. The Labute approximate surface area is 97.3 Å². The number of nitrogens with one attached hydrogen (secondary N) is 1. The van der Waals surface area contributed by atoms with E-state index >= 15 is 0 Å². The predicted octanol–water partition coefficient (Wildman–Crippen LogP) is 2.89. The molecule has 2 heteroatoms. The Balaban J connectivity index is 1.80. The summed E-state index contributed by atoms with van der Waals surface area (Å²) < 4.78 is 5.54. The van der Waals surface area contributed by atoms with Crippen LogP contribution in [0.15, 0.2) is 36.4 Å². The van der Waals surface area contributed by atoms with Gasteiger partial charge in [0.15, 0.2) is 0 Å². The molecule has 1 fully saturated rings. The Morgan fingerprint density at radius 3 is 2.62 bits per heavy atom. The molecule has 2 rings (SSSR count). The molecule has 1 saturated carbocycles. The van der Waals surface area contributed by atoms with Crippen molar-refractivity contribution in [3.63, 3.8) is 0 Å². The van der Waals surface area contributed by atoms with Crippen molar-refractivity contribution in [2.24, 2.45) is 0 Å². The Morgan fingerprint density at radius 1 is 1.38 bits per heavy atom. The summed E-state index contributed by atoms with van der Waals surface area (Å²) in [6, 6.07) is 9.03. The van der Waals surface area contributed by atoms with Crippen molar-refractivity contribution in [1.29, 1.82) is 0 Å². The fraction of sp³-hybridized carbons (Fsp3) is 0.429. The fourth-order valence-electron chi connectivity index (χ4n) is 1.46. The first-order chi connectivity index (χ1) is 7.74. The maximum atomic E-state index is 5.54. The van der Waals surface area contributed by atoms with E-state index in [2.05, 4.69) is 24.0 Å². The molecule has 1 N–H and O–H groups in total. The van der Waals surface area contributed by atoms with E-state index < -0.39 is 0 Å². The summed E-state index contributed by atoms with van der Waals surface area (Å²) in [7, 11) is 0. The smallest absolute Gasteiger partial charge is 0.119 e. The van der Waals surface area contributed by atoms with Crippen molar-refractivity contribution in [3.8, 4) is 5.75 Å². The lowest BCUT2D eigenvalue weighted by Gasteiger charge is -2.07. The Bertz CT molecular complexity index is 352. The largest absolute Gasteiger partial charge is 0.489 e. The number of ether oxygens (including phenoxy) is 1. The Hall–Kier alpha value is -1.28. The normalized spacial score (nSPS) is 14.8. The third-order valence-corrected chi connectivity index (χ3v) is 2.58. The molecule has 1 aromatic carbocycles. The highest BCUT2D eigenvalue weighted by molar-refractivity contribution is 5.27. The van der Waals surface area contributed by atoms with E-state index in [1.54, 1.807) is 0 Å². The van der Waals surface area contributed by atoms with Crippen LogP contribution in [0.1, 0.15) is 25.3 Å². The maximum Gasteiger partial charge on any atom is 0.119 e. The van der Waals surface area contributed by atoms with Gasteiger partial charge in [-0.25, -0.2) is 0 Å². The standard InChI is InChI=1S/C14H19NO/c1-11(2)10-16-14-7-3-12(4-8-14)9-15-13-5-6-13/h3-4,7-8,13,15H,1,5-6,9-10H2,2H3. The van der Waals surface area contributed by atoms with Gasteiger partial charge in [-0.05, 0) is 43.0 Å². The van der Waals surface area contributed by atoms with Crippen LogP contribution in [-0.4, -0.2) is 12.6 Å². The van der Waals surface area contributed by atoms with Gasteiger partial charge in [0.1, 0.15) is 12.4 Å². The lowest BCUT2D eigenvalue weighted by molar-refractivity contribution is 0.352. The highest BCUT2D eigenvalue weighted by Crippen LogP contribution is 2.20. The molecule has 1 aliphatic rings. The van der Waals surface area contributed by atoms with E-state index in [0.29, 0.717) is 6.61 Å². The Kier molecular flexibility index (Phi) is 3.62. The topological polar surface area (TPSA) is 21.3 Å². The van der Waals surface area contributed by atoms with Crippen molar-refractivity contribution in [2.75, 3.05) is 6.61 Å². The third-order valence-electron chi connectivity index (χ3n) is 2.58. The van der Waals surface area contributed by atoms with Crippen LogP contribution in [0.2, 0.25) is 0 Å². The van der Waals surface area contributed by atoms with E-state index in [9.17, 15) is 0 Å². The molecule has 0 spiro atoms. The molecule has 0 heterocycles. The highest BCUT2D eigenvalue weighted by atomic mass is 16.5. The quantitative estimate of drug-likeness (QED) is 0.740. The average Bonchev–Trinajstić information content (AvgIpc) is 3.09. The zero-order valence-electron chi connectivity index (χ0n) is 9.83. The van der Waals surface area contributed by atoms with Gasteiger partial charge in [0.25, 0.3) is 0 Å². The summed E-state index contributed by atoms with van der Waals surface area (Å²) in [5.41, 5.74) is 2.36. The molecule has 86 valence electrons. The first kappa shape index (κ1) is 11.2. The van der Waals surface area contributed by atoms with E-state index in [1.165, 1.54) is 18.4 Å². The first-order valence-electron chi connectivity index (χ1n) is 5.83. The van der Waals surface area contributed by atoms with Gasteiger partial charge in [0.2, 0.25) is 0 Å². The van der Waals surface area contributed by atoms with E-state index in [1.807, 2.05) is 19.1 Å². The molecular weight excluding hydrogens is 198 g/mol. The lowest BCUT2D eigenvalue weighted by atomic mass is 10.2. The Morgan fingerprint density at radius 2 is 2.06 bits per heavy atom. The summed E-state index contributed by atoms with van der Waals surface area (Å²) in [4.78, 5) is 0. The predicted molar refractivity (Wildman–Crippen MR) is 66.6 cm³/mol. The molecule has 0 bridgehead atoms. The second-order valence-corrected chi connectivity index (χ2v) is 4.54. The molecule has 1 aromatic rings. The van der Waals surface area contributed by atoms with Gasteiger partial charge in [-0.2, -0.15) is 0 Å². The number of hydrogen-bond acceptors (Lipinski definition) is 2. The van der Waals surface area contributed by atoms with Crippen LogP contribution < -0.4 is 10.1 Å². The minimum absolute atomic E-state index is 0.597. The van der Waals surface area contributed by atoms with Crippen LogP contribution in [0.25, 0.3) is 0 Å². The second-order valence-electron chi connectivity index (χ2n) is 4.54. The van der Waals surface area contributed by atoms with E-state index in [0.717, 1.165) is 23.9 Å². The van der Waals surface area contributed by atoms with Gasteiger partial charge in [-0.3, -0.25) is 0 Å². The van der Waals surface area contributed by atoms with E-state index in [-0.39, 0.29) is 0 Å². The van der Waals surface area contributed by atoms with Crippen molar-refractivity contribution < 1.29 is 4.74 Å². The number of hydrogen-bond donors (Lipinski definition) is 1. The fourth-order valence-corrected chi connectivity index (χ4v) is 1.46. The molecule has 0 aliphatic heterocycles. The van der Waals surface area contributed by atoms with Gasteiger partial charge in [0.05, 0.1) is 0 Å². The molecule has 0 radical (unpaired) electrons. The van der Waals surface area contributed by atoms with Crippen LogP contribution in [-0.2, 0) is 6.54 Å². The van der Waals surface area contributed by atoms with Gasteiger partial charge < -0.3 is 10.1 Å². The molecular formula is C14H19NO. The molecule has 0 aromatic heterocycles. The summed E-state index contributed by atoms with van der Waals surface area (Å²) in [6.45, 7) is 7.34. The lowest BCUT2D eigenvalue weighted by Crippen LogP contribution is -2.15. The number of rotatable bonds is 6. The first-order valence-corrected chi connectivity index (χ1v) is 5.83. The minimum atomic E-state index is 0.597. The van der Waals surface area contributed by atoms with Crippen LogP contribution >= 0.6 is 0 Å². The summed E-state index contributed by atoms with van der Waals surface area (Å²) >= 11 is 0. The molecule has 0 amide bonds. The number of benzene rings is 1. The summed E-state index contributed by atoms with van der Waals surface area (Å²) in [5, 5.41) is 3.49. The maximum absolute atomic E-state index is 5.54. The van der Waals surface area contributed by atoms with Crippen molar-refractivity contribution in [1.82, 2.24) is 5.32 Å². The summed E-state index contributed by atoms with van der Waals surface area (Å²) in [6.07, 6.45) is 2.67. The zero-order chi connectivity index (χ0) is 11.4. The molecule has 2 nitrogen and oxygen atoms in total. The molecule has 0 atom stereocenters. The van der Waals surface area contributed by atoms with Crippen LogP contribution in [0.5, 0.6) is 5.75 Å². The van der Waals surface area contributed by atoms with Crippen molar-refractivity contribution in [3.05, 3.63) is 42.0 Å². The highest BCUT2D eigenvalue weighted by Gasteiger charge is 2.19. The third kappa shape index (κ3) is 3.70. The molecule has 0 unspecified atom stereocenters. The SMILES string of the molecule is C=C(C)COc1ccc(CNC2CC2)cc1. The monoisotopic (exact) mass is 217 g/mol. The van der Waals surface area contributed by atoms with Crippen molar-refractivity contribution >= 4 is 0 Å².